The predicted octanol–water partition coefficient (Wildman–Crippen LogP) is 3.79. The van der Waals surface area contributed by atoms with Gasteiger partial charge in [-0.15, -0.1) is 5.73 Å². The Balaban J connectivity index is 1.87. The highest BCUT2D eigenvalue weighted by molar-refractivity contribution is 5.61. The molecule has 144 valence electrons. The van der Waals surface area contributed by atoms with Gasteiger partial charge in [0.1, 0.15) is 0 Å². The fourth-order valence-corrected chi connectivity index (χ4v) is 2.73. The number of hydrogen-bond donors (Lipinski definition) is 1. The minimum absolute atomic E-state index is 0.120. The molecule has 1 N–H and O–H groups in total. The summed E-state index contributed by atoms with van der Waals surface area (Å²) in [5.41, 5.74) is 5.95. The molecule has 3 rings (SSSR count). The van der Waals surface area contributed by atoms with Crippen molar-refractivity contribution >= 4 is 12.2 Å². The van der Waals surface area contributed by atoms with Crippen LogP contribution < -0.4 is 15.0 Å². The molecule has 0 radical (unpaired) electrons. The highest BCUT2D eigenvalue weighted by Crippen LogP contribution is 2.28. The molecule has 3 aromatic rings. The number of methoxy groups -OCH3 is 2. The molecule has 6 heteroatoms. The van der Waals surface area contributed by atoms with E-state index >= 15 is 0 Å². The number of para-hydroxylation sites is 1. The van der Waals surface area contributed by atoms with E-state index < -0.39 is 0 Å². The van der Waals surface area contributed by atoms with Crippen LogP contribution in [0.2, 0.25) is 0 Å². The molecule has 0 atom stereocenters. The molecule has 0 bridgehead atoms. The number of ether oxygens (including phenoxy) is 3. The second-order valence-corrected chi connectivity index (χ2v) is 6.04. The zero-order valence-electron chi connectivity index (χ0n) is 16.1. The molecular weight excluding hydrogens is 356 g/mol. The van der Waals surface area contributed by atoms with Gasteiger partial charge in [0, 0.05) is 12.8 Å². The number of rotatable bonds is 7. The summed E-state index contributed by atoms with van der Waals surface area (Å²) >= 11 is 0. The standard InChI is InChI=1S/C22H22N2O4/c1-16-19(22(25)24(23-16)18-9-5-4-6-10-18)11-7-8-17-12-13-20(28-15-26-2)21(14-17)27-3/h4-6,8-14,23H,15H2,1-3H3. The summed E-state index contributed by atoms with van der Waals surface area (Å²) in [6.45, 7) is 2.01. The van der Waals surface area contributed by atoms with E-state index in [1.165, 1.54) is 4.68 Å². The van der Waals surface area contributed by atoms with E-state index in [-0.39, 0.29) is 12.4 Å². The summed E-state index contributed by atoms with van der Waals surface area (Å²) in [7, 11) is 3.14. The molecule has 2 aromatic carbocycles. The first kappa shape index (κ1) is 19.3. The lowest BCUT2D eigenvalue weighted by molar-refractivity contribution is 0.0491. The zero-order valence-corrected chi connectivity index (χ0v) is 16.1. The van der Waals surface area contributed by atoms with E-state index in [1.54, 1.807) is 32.4 Å². The van der Waals surface area contributed by atoms with Crippen LogP contribution in [0, 0.1) is 6.92 Å². The van der Waals surface area contributed by atoms with Crippen molar-refractivity contribution in [2.24, 2.45) is 0 Å². The van der Waals surface area contributed by atoms with Gasteiger partial charge in [-0.05, 0) is 48.9 Å². The Morgan fingerprint density at radius 2 is 1.86 bits per heavy atom. The summed E-state index contributed by atoms with van der Waals surface area (Å²) < 4.78 is 17.2. The molecule has 0 aliphatic rings. The van der Waals surface area contributed by atoms with E-state index in [2.05, 4.69) is 10.8 Å². The van der Waals surface area contributed by atoms with E-state index in [9.17, 15) is 4.79 Å². The van der Waals surface area contributed by atoms with Gasteiger partial charge >= 0.3 is 0 Å². The first-order chi connectivity index (χ1) is 13.6. The van der Waals surface area contributed by atoms with Crippen molar-refractivity contribution in [2.45, 2.75) is 6.92 Å². The van der Waals surface area contributed by atoms with Crippen molar-refractivity contribution < 1.29 is 14.2 Å². The molecule has 0 aliphatic heterocycles. The maximum atomic E-state index is 12.7. The molecule has 28 heavy (non-hydrogen) atoms. The van der Waals surface area contributed by atoms with Crippen LogP contribution >= 0.6 is 0 Å². The van der Waals surface area contributed by atoms with Gasteiger partial charge in [-0.1, -0.05) is 24.3 Å². The van der Waals surface area contributed by atoms with Crippen LogP contribution in [0.3, 0.4) is 0 Å². The molecule has 0 fully saturated rings. The number of benzene rings is 2. The lowest BCUT2D eigenvalue weighted by Gasteiger charge is -2.10. The second kappa shape index (κ2) is 8.95. The lowest BCUT2D eigenvalue weighted by atomic mass is 10.2. The SMILES string of the molecule is COCOc1ccc(C=C=Cc2c(C)[nH]n(-c3ccccc3)c2=O)cc1OC. The smallest absolute Gasteiger partial charge is 0.279 e. The lowest BCUT2D eigenvalue weighted by Crippen LogP contribution is -2.15. The van der Waals surface area contributed by atoms with Crippen molar-refractivity contribution in [3.8, 4) is 17.2 Å². The summed E-state index contributed by atoms with van der Waals surface area (Å²) in [6.07, 6.45) is 3.46. The maximum absolute atomic E-state index is 12.7. The summed E-state index contributed by atoms with van der Waals surface area (Å²) in [6, 6.07) is 14.9. The topological polar surface area (TPSA) is 65.5 Å². The third-order valence-corrected chi connectivity index (χ3v) is 4.13. The van der Waals surface area contributed by atoms with Crippen LogP contribution in [0.15, 0.2) is 59.1 Å². The minimum Gasteiger partial charge on any atom is -0.493 e. The molecule has 1 aromatic heterocycles. The number of aromatic nitrogens is 2. The van der Waals surface area contributed by atoms with Gasteiger partial charge in [0.15, 0.2) is 18.3 Å². The Hall–Kier alpha value is -3.47. The first-order valence-corrected chi connectivity index (χ1v) is 8.73. The fourth-order valence-electron chi connectivity index (χ4n) is 2.73. The Morgan fingerprint density at radius 1 is 1.07 bits per heavy atom. The van der Waals surface area contributed by atoms with Crippen molar-refractivity contribution in [2.75, 3.05) is 21.0 Å². The molecule has 0 amide bonds. The zero-order chi connectivity index (χ0) is 19.9. The fraction of sp³-hybridized carbons (Fsp3) is 0.182. The second-order valence-electron chi connectivity index (χ2n) is 6.04. The molecule has 0 unspecified atom stereocenters. The van der Waals surface area contributed by atoms with Crippen molar-refractivity contribution in [3.05, 3.63) is 81.4 Å². The van der Waals surface area contributed by atoms with Gasteiger partial charge < -0.3 is 14.2 Å². The molecular formula is C22H22N2O4. The van der Waals surface area contributed by atoms with Crippen molar-refractivity contribution in [1.29, 1.82) is 0 Å². The molecule has 0 saturated carbocycles. The van der Waals surface area contributed by atoms with Crippen LogP contribution in [0.4, 0.5) is 0 Å². The van der Waals surface area contributed by atoms with Gasteiger partial charge in [-0.25, -0.2) is 4.68 Å². The van der Waals surface area contributed by atoms with Gasteiger partial charge in [0.05, 0.1) is 18.4 Å². The Labute approximate surface area is 163 Å². The van der Waals surface area contributed by atoms with Crippen LogP contribution in [-0.4, -0.2) is 30.8 Å². The highest BCUT2D eigenvalue weighted by atomic mass is 16.7. The normalized spacial score (nSPS) is 10.2. The van der Waals surface area contributed by atoms with Crippen LogP contribution in [0.25, 0.3) is 17.8 Å². The molecule has 0 saturated heterocycles. The van der Waals surface area contributed by atoms with Crippen molar-refractivity contribution in [1.82, 2.24) is 9.78 Å². The van der Waals surface area contributed by atoms with Gasteiger partial charge in [-0.3, -0.25) is 9.89 Å². The summed E-state index contributed by atoms with van der Waals surface area (Å²) in [5.74, 6) is 1.19. The highest BCUT2D eigenvalue weighted by Gasteiger charge is 2.09. The molecule has 1 heterocycles. The van der Waals surface area contributed by atoms with E-state index in [4.69, 9.17) is 14.2 Å². The van der Waals surface area contributed by atoms with Crippen LogP contribution in [-0.2, 0) is 4.74 Å². The van der Waals surface area contributed by atoms with Crippen LogP contribution in [0.1, 0.15) is 16.8 Å². The average Bonchev–Trinajstić information content (AvgIpc) is 3.01. The Morgan fingerprint density at radius 3 is 2.57 bits per heavy atom. The molecule has 0 aliphatic carbocycles. The number of hydrogen-bond acceptors (Lipinski definition) is 4. The van der Waals surface area contributed by atoms with Crippen LogP contribution in [0.5, 0.6) is 11.5 Å². The largest absolute Gasteiger partial charge is 0.493 e. The monoisotopic (exact) mass is 378 g/mol. The first-order valence-electron chi connectivity index (χ1n) is 8.73. The molecule has 0 spiro atoms. The van der Waals surface area contributed by atoms with E-state index in [0.29, 0.717) is 17.1 Å². The van der Waals surface area contributed by atoms with Gasteiger partial charge in [0.25, 0.3) is 5.56 Å². The Kier molecular flexibility index (Phi) is 6.17. The maximum Gasteiger partial charge on any atom is 0.279 e. The Bertz CT molecular complexity index is 1060. The molecule has 6 nitrogen and oxygen atoms in total. The number of aryl methyl sites for hydroxylation is 1. The van der Waals surface area contributed by atoms with Crippen molar-refractivity contribution in [3.63, 3.8) is 0 Å². The summed E-state index contributed by atoms with van der Waals surface area (Å²) in [4.78, 5) is 12.7. The van der Waals surface area contributed by atoms with E-state index in [0.717, 1.165) is 16.9 Å². The quantitative estimate of drug-likeness (QED) is 0.502. The summed E-state index contributed by atoms with van der Waals surface area (Å²) in [5, 5.41) is 3.09. The van der Waals surface area contributed by atoms with Gasteiger partial charge in [0.2, 0.25) is 0 Å². The predicted molar refractivity (Wildman–Crippen MR) is 109 cm³/mol. The number of aromatic amines is 1. The number of nitrogens with zero attached hydrogens (tertiary/aromatic N) is 1. The van der Waals surface area contributed by atoms with E-state index in [1.807, 2.05) is 49.4 Å². The number of nitrogens with one attached hydrogen (secondary N) is 1. The number of H-pyrrole nitrogens is 1. The third-order valence-electron chi connectivity index (χ3n) is 4.13. The average molecular weight is 378 g/mol. The third kappa shape index (κ3) is 4.26. The van der Waals surface area contributed by atoms with Gasteiger partial charge in [-0.2, -0.15) is 0 Å². The minimum atomic E-state index is -0.120.